The van der Waals surface area contributed by atoms with E-state index in [9.17, 15) is 18.0 Å². The van der Waals surface area contributed by atoms with E-state index in [1.165, 1.54) is 6.92 Å². The van der Waals surface area contributed by atoms with Crippen molar-refractivity contribution in [2.45, 2.75) is 51.4 Å². The molecule has 0 rings (SSSR count). The molecule has 0 aliphatic heterocycles. The Balaban J connectivity index is 3.72. The number of hydrogen-bond acceptors (Lipinski definition) is 3. The van der Waals surface area contributed by atoms with Crippen molar-refractivity contribution < 1.29 is 22.7 Å². The molecule has 0 fully saturated rings. The first-order valence-electron chi connectivity index (χ1n) is 6.42. The summed E-state index contributed by atoms with van der Waals surface area (Å²) in [6.45, 7) is 0.493. The highest BCUT2D eigenvalue weighted by Gasteiger charge is 2.21. The van der Waals surface area contributed by atoms with Crippen molar-refractivity contribution in [2.75, 3.05) is 13.3 Å². The maximum absolute atomic E-state index is 13.3. The number of rotatable bonds is 10. The maximum Gasteiger partial charge on any atom is 0.332 e. The van der Waals surface area contributed by atoms with Crippen LogP contribution in [-0.2, 0) is 9.53 Å². The molecule has 0 bridgehead atoms. The molecule has 0 aliphatic rings. The first kappa shape index (κ1) is 17.8. The second kappa shape index (κ2) is 10.7. The SMILES string of the molecule is CC(N)=CC(=O)OCC(F)C(F)CCCCCCF. The van der Waals surface area contributed by atoms with Crippen molar-refractivity contribution in [3.8, 4) is 0 Å². The van der Waals surface area contributed by atoms with Crippen molar-refractivity contribution in [3.63, 3.8) is 0 Å². The molecular weight excluding hydrogens is 259 g/mol. The summed E-state index contributed by atoms with van der Waals surface area (Å²) >= 11 is 0. The lowest BCUT2D eigenvalue weighted by Crippen LogP contribution is -2.24. The molecule has 0 radical (unpaired) electrons. The van der Waals surface area contributed by atoms with Gasteiger partial charge in [0.15, 0.2) is 6.17 Å². The molecular formula is C13H22F3NO2. The van der Waals surface area contributed by atoms with Gasteiger partial charge in [0, 0.05) is 11.8 Å². The largest absolute Gasteiger partial charge is 0.459 e. The number of carbonyl (C=O) groups is 1. The molecule has 2 N–H and O–H groups in total. The van der Waals surface area contributed by atoms with Gasteiger partial charge in [-0.3, -0.25) is 4.39 Å². The van der Waals surface area contributed by atoms with Crippen LogP contribution in [0, 0.1) is 0 Å². The second-order valence-electron chi connectivity index (χ2n) is 4.44. The lowest BCUT2D eigenvalue weighted by molar-refractivity contribution is -0.140. The van der Waals surface area contributed by atoms with Crippen LogP contribution in [0.15, 0.2) is 11.8 Å². The van der Waals surface area contributed by atoms with E-state index >= 15 is 0 Å². The molecule has 0 amide bonds. The third kappa shape index (κ3) is 10.4. The lowest BCUT2D eigenvalue weighted by atomic mass is 10.1. The zero-order valence-corrected chi connectivity index (χ0v) is 11.2. The van der Waals surface area contributed by atoms with Crippen LogP contribution < -0.4 is 5.73 Å². The minimum Gasteiger partial charge on any atom is -0.459 e. The van der Waals surface area contributed by atoms with Crippen LogP contribution in [0.2, 0.25) is 0 Å². The minimum atomic E-state index is -1.84. The Morgan fingerprint density at radius 3 is 2.42 bits per heavy atom. The summed E-state index contributed by atoms with van der Waals surface area (Å²) in [5.74, 6) is -0.780. The molecule has 112 valence electrons. The molecule has 19 heavy (non-hydrogen) atoms. The molecule has 0 saturated heterocycles. The summed E-state index contributed by atoms with van der Waals surface area (Å²) < 4.78 is 42.9. The Morgan fingerprint density at radius 2 is 1.84 bits per heavy atom. The summed E-state index contributed by atoms with van der Waals surface area (Å²) in [6.07, 6.45) is -0.136. The second-order valence-corrected chi connectivity index (χ2v) is 4.44. The normalized spacial score (nSPS) is 15.1. The predicted octanol–water partition coefficient (Wildman–Crippen LogP) is 2.99. The van der Waals surface area contributed by atoms with E-state index < -0.39 is 24.9 Å². The van der Waals surface area contributed by atoms with E-state index in [2.05, 4.69) is 4.74 Å². The van der Waals surface area contributed by atoms with Gasteiger partial charge in [0.2, 0.25) is 0 Å². The standard InChI is InChI=1S/C13H22F3NO2/c1-10(17)8-13(18)19-9-12(16)11(15)6-4-2-3-5-7-14/h8,11-12H,2-7,9,17H2,1H3. The van der Waals surface area contributed by atoms with E-state index in [4.69, 9.17) is 5.73 Å². The predicted molar refractivity (Wildman–Crippen MR) is 67.8 cm³/mol. The van der Waals surface area contributed by atoms with Gasteiger partial charge in [-0.2, -0.15) is 0 Å². The molecule has 0 aliphatic carbocycles. The van der Waals surface area contributed by atoms with E-state index in [-0.39, 0.29) is 18.8 Å². The third-order valence-corrected chi connectivity index (χ3v) is 2.49. The smallest absolute Gasteiger partial charge is 0.332 e. The molecule has 0 saturated carbocycles. The van der Waals surface area contributed by atoms with E-state index in [0.29, 0.717) is 25.7 Å². The van der Waals surface area contributed by atoms with Crippen LogP contribution in [0.1, 0.15) is 39.0 Å². The molecule has 2 atom stereocenters. The average molecular weight is 281 g/mol. The molecule has 3 nitrogen and oxygen atoms in total. The van der Waals surface area contributed by atoms with Crippen molar-refractivity contribution in [1.82, 2.24) is 0 Å². The highest BCUT2D eigenvalue weighted by Crippen LogP contribution is 2.14. The van der Waals surface area contributed by atoms with Gasteiger partial charge in [-0.15, -0.1) is 0 Å². The van der Waals surface area contributed by atoms with Gasteiger partial charge in [-0.05, 0) is 19.8 Å². The fourth-order valence-electron chi connectivity index (χ4n) is 1.46. The fraction of sp³-hybridized carbons (Fsp3) is 0.769. The monoisotopic (exact) mass is 281 g/mol. The van der Waals surface area contributed by atoms with Crippen LogP contribution in [-0.4, -0.2) is 31.6 Å². The number of alkyl halides is 3. The summed E-state index contributed by atoms with van der Waals surface area (Å²) in [5, 5.41) is 0. The Hall–Kier alpha value is -1.20. The average Bonchev–Trinajstić information content (AvgIpc) is 2.34. The molecule has 2 unspecified atom stereocenters. The van der Waals surface area contributed by atoms with Gasteiger partial charge < -0.3 is 10.5 Å². The Morgan fingerprint density at radius 1 is 1.21 bits per heavy atom. The first-order chi connectivity index (χ1) is 8.97. The lowest BCUT2D eigenvalue weighted by Gasteiger charge is -2.13. The zero-order valence-electron chi connectivity index (χ0n) is 11.2. The number of unbranched alkanes of at least 4 members (excludes halogenated alkanes) is 3. The van der Waals surface area contributed by atoms with Crippen LogP contribution in [0.4, 0.5) is 13.2 Å². The Bertz CT molecular complexity index is 281. The number of esters is 1. The molecule has 0 spiro atoms. The molecule has 0 aromatic rings. The van der Waals surface area contributed by atoms with Gasteiger partial charge in [0.1, 0.15) is 12.8 Å². The molecule has 0 aromatic heterocycles. The molecule has 0 aromatic carbocycles. The quantitative estimate of drug-likeness (QED) is 0.380. The topological polar surface area (TPSA) is 52.3 Å². The third-order valence-electron chi connectivity index (χ3n) is 2.49. The molecule has 6 heteroatoms. The van der Waals surface area contributed by atoms with E-state index in [1.807, 2.05) is 0 Å². The van der Waals surface area contributed by atoms with Crippen molar-refractivity contribution in [1.29, 1.82) is 0 Å². The number of nitrogens with two attached hydrogens (primary N) is 1. The van der Waals surface area contributed by atoms with Crippen LogP contribution in [0.25, 0.3) is 0 Å². The van der Waals surface area contributed by atoms with E-state index in [0.717, 1.165) is 6.08 Å². The van der Waals surface area contributed by atoms with Crippen LogP contribution >= 0.6 is 0 Å². The molecule has 0 heterocycles. The van der Waals surface area contributed by atoms with Crippen molar-refractivity contribution >= 4 is 5.97 Å². The van der Waals surface area contributed by atoms with Gasteiger partial charge in [0.05, 0.1) is 6.67 Å². The van der Waals surface area contributed by atoms with Crippen LogP contribution in [0.3, 0.4) is 0 Å². The van der Waals surface area contributed by atoms with Gasteiger partial charge in [-0.25, -0.2) is 13.6 Å². The summed E-state index contributed by atoms with van der Waals surface area (Å²) in [5.41, 5.74) is 5.47. The van der Waals surface area contributed by atoms with Crippen molar-refractivity contribution in [2.24, 2.45) is 5.73 Å². The summed E-state index contributed by atoms with van der Waals surface area (Å²) in [6, 6.07) is 0. The van der Waals surface area contributed by atoms with Gasteiger partial charge in [0.25, 0.3) is 0 Å². The van der Waals surface area contributed by atoms with Crippen molar-refractivity contribution in [3.05, 3.63) is 11.8 Å². The maximum atomic E-state index is 13.3. The number of hydrogen-bond donors (Lipinski definition) is 1. The number of allylic oxidation sites excluding steroid dienone is 1. The van der Waals surface area contributed by atoms with Gasteiger partial charge in [-0.1, -0.05) is 19.3 Å². The van der Waals surface area contributed by atoms with Gasteiger partial charge >= 0.3 is 5.97 Å². The number of ether oxygens (including phenoxy) is 1. The van der Waals surface area contributed by atoms with E-state index in [1.54, 1.807) is 0 Å². The Kier molecular flexibility index (Phi) is 10.0. The number of halogens is 3. The number of carbonyl (C=O) groups excluding carboxylic acids is 1. The summed E-state index contributed by atoms with van der Waals surface area (Å²) in [7, 11) is 0. The zero-order chi connectivity index (χ0) is 14.7. The minimum absolute atomic E-state index is 0.0523. The highest BCUT2D eigenvalue weighted by molar-refractivity contribution is 5.82. The highest BCUT2D eigenvalue weighted by atomic mass is 19.2. The van der Waals surface area contributed by atoms with Crippen LogP contribution in [0.5, 0.6) is 0 Å². The first-order valence-corrected chi connectivity index (χ1v) is 6.42. The Labute approximate surface area is 112 Å². The fourth-order valence-corrected chi connectivity index (χ4v) is 1.46. The summed E-state index contributed by atoms with van der Waals surface area (Å²) in [4.78, 5) is 11.0.